The maximum atomic E-state index is 12.7. The Balaban J connectivity index is 1.85. The molecule has 0 saturated heterocycles. The summed E-state index contributed by atoms with van der Waals surface area (Å²) in [7, 11) is 0. The van der Waals surface area contributed by atoms with Crippen LogP contribution in [0.1, 0.15) is 48.9 Å². The summed E-state index contributed by atoms with van der Waals surface area (Å²) in [6.45, 7) is 0. The van der Waals surface area contributed by atoms with Crippen molar-refractivity contribution >= 4 is 5.78 Å². The van der Waals surface area contributed by atoms with E-state index in [-0.39, 0.29) is 11.6 Å². The summed E-state index contributed by atoms with van der Waals surface area (Å²) in [5, 5.41) is 0. The normalized spacial score (nSPS) is 16.6. The summed E-state index contributed by atoms with van der Waals surface area (Å²) in [5.74, 6) is 0.601. The van der Waals surface area contributed by atoms with E-state index in [1.165, 1.54) is 37.8 Å². The van der Waals surface area contributed by atoms with Crippen molar-refractivity contribution in [1.29, 1.82) is 0 Å². The van der Waals surface area contributed by atoms with E-state index in [4.69, 9.17) is 0 Å². The van der Waals surface area contributed by atoms with Crippen LogP contribution in [0.4, 0.5) is 4.39 Å². The van der Waals surface area contributed by atoms with Gasteiger partial charge in [0.1, 0.15) is 5.82 Å². The largest absolute Gasteiger partial charge is 0.294 e. The van der Waals surface area contributed by atoms with Gasteiger partial charge in [0.25, 0.3) is 0 Å². The van der Waals surface area contributed by atoms with Crippen LogP contribution < -0.4 is 0 Å². The molecule has 1 aliphatic carbocycles. The van der Waals surface area contributed by atoms with Crippen LogP contribution in [0.25, 0.3) is 0 Å². The summed E-state index contributed by atoms with van der Waals surface area (Å²) >= 11 is 0. The minimum Gasteiger partial charge on any atom is -0.294 e. The smallest absolute Gasteiger partial charge is 0.162 e. The van der Waals surface area contributed by atoms with Gasteiger partial charge in [-0.2, -0.15) is 0 Å². The standard InChI is InChI=1S/C14H17FO/c15-13-8-6-12(7-9-13)14(16)10-5-11-3-1-2-4-11/h6-9,11H,1-5,10H2. The van der Waals surface area contributed by atoms with Crippen LogP contribution >= 0.6 is 0 Å². The molecule has 16 heavy (non-hydrogen) atoms. The number of Topliss-reactive ketones (excluding diaryl/α,β-unsaturated/α-hetero) is 1. The van der Waals surface area contributed by atoms with Crippen LogP contribution in [0.2, 0.25) is 0 Å². The van der Waals surface area contributed by atoms with E-state index in [1.54, 1.807) is 12.1 Å². The summed E-state index contributed by atoms with van der Waals surface area (Å²) in [6, 6.07) is 5.85. The van der Waals surface area contributed by atoms with Crippen LogP contribution in [0, 0.1) is 11.7 Å². The van der Waals surface area contributed by atoms with Crippen molar-refractivity contribution in [2.24, 2.45) is 5.92 Å². The van der Waals surface area contributed by atoms with Gasteiger partial charge in [-0.25, -0.2) is 4.39 Å². The third-order valence-corrected chi connectivity index (χ3v) is 3.42. The predicted octanol–water partition coefficient (Wildman–Crippen LogP) is 3.98. The lowest BCUT2D eigenvalue weighted by Gasteiger charge is -2.07. The third-order valence-electron chi connectivity index (χ3n) is 3.42. The Morgan fingerprint density at radius 2 is 1.81 bits per heavy atom. The Labute approximate surface area is 95.7 Å². The van der Waals surface area contributed by atoms with Crippen LogP contribution in [0.3, 0.4) is 0 Å². The Morgan fingerprint density at radius 1 is 1.19 bits per heavy atom. The third kappa shape index (κ3) is 2.91. The molecule has 1 saturated carbocycles. The number of hydrogen-bond donors (Lipinski definition) is 0. The van der Waals surface area contributed by atoms with Gasteiger partial charge in [0.15, 0.2) is 5.78 Å². The molecule has 2 rings (SSSR count). The molecule has 1 fully saturated rings. The van der Waals surface area contributed by atoms with Crippen molar-refractivity contribution in [3.05, 3.63) is 35.6 Å². The molecule has 0 N–H and O–H groups in total. The molecular weight excluding hydrogens is 203 g/mol. The van der Waals surface area contributed by atoms with E-state index >= 15 is 0 Å². The van der Waals surface area contributed by atoms with Crippen LogP contribution in [0.15, 0.2) is 24.3 Å². The van der Waals surface area contributed by atoms with E-state index in [0.717, 1.165) is 12.3 Å². The van der Waals surface area contributed by atoms with Gasteiger partial charge in [-0.05, 0) is 36.6 Å². The Bertz CT molecular complexity index is 350. The monoisotopic (exact) mass is 220 g/mol. The van der Waals surface area contributed by atoms with Gasteiger partial charge in [0.05, 0.1) is 0 Å². The molecule has 1 aromatic rings. The highest BCUT2D eigenvalue weighted by Crippen LogP contribution is 2.28. The van der Waals surface area contributed by atoms with Crippen molar-refractivity contribution in [2.75, 3.05) is 0 Å². The second-order valence-electron chi connectivity index (χ2n) is 4.62. The van der Waals surface area contributed by atoms with Gasteiger partial charge >= 0.3 is 0 Å². The average molecular weight is 220 g/mol. The van der Waals surface area contributed by atoms with Crippen molar-refractivity contribution in [2.45, 2.75) is 38.5 Å². The lowest BCUT2D eigenvalue weighted by molar-refractivity contribution is 0.0974. The number of carbonyl (C=O) groups is 1. The summed E-state index contributed by atoms with van der Waals surface area (Å²) in [6.07, 6.45) is 6.78. The van der Waals surface area contributed by atoms with Gasteiger partial charge in [-0.15, -0.1) is 0 Å². The Morgan fingerprint density at radius 3 is 2.44 bits per heavy atom. The molecule has 0 heterocycles. The molecule has 0 unspecified atom stereocenters. The maximum Gasteiger partial charge on any atom is 0.162 e. The number of halogens is 1. The van der Waals surface area contributed by atoms with Crippen molar-refractivity contribution < 1.29 is 9.18 Å². The zero-order valence-electron chi connectivity index (χ0n) is 9.42. The highest BCUT2D eigenvalue weighted by Gasteiger charge is 2.16. The molecule has 0 atom stereocenters. The SMILES string of the molecule is O=C(CCC1CCCC1)c1ccc(F)cc1. The molecule has 0 radical (unpaired) electrons. The molecule has 0 aromatic heterocycles. The maximum absolute atomic E-state index is 12.7. The minimum absolute atomic E-state index is 0.145. The van der Waals surface area contributed by atoms with Gasteiger partial charge in [-0.1, -0.05) is 25.7 Å². The fraction of sp³-hybridized carbons (Fsp3) is 0.500. The number of carbonyl (C=O) groups excluding carboxylic acids is 1. The van der Waals surface area contributed by atoms with Crippen molar-refractivity contribution in [3.8, 4) is 0 Å². The second kappa shape index (κ2) is 5.24. The summed E-state index contributed by atoms with van der Waals surface area (Å²) < 4.78 is 12.7. The summed E-state index contributed by atoms with van der Waals surface area (Å²) in [5.41, 5.74) is 0.638. The van der Waals surface area contributed by atoms with Crippen LogP contribution in [0.5, 0.6) is 0 Å². The second-order valence-corrected chi connectivity index (χ2v) is 4.62. The lowest BCUT2D eigenvalue weighted by atomic mass is 9.97. The molecule has 1 aliphatic rings. The number of benzene rings is 1. The van der Waals surface area contributed by atoms with Crippen molar-refractivity contribution in [1.82, 2.24) is 0 Å². The first-order valence-corrected chi connectivity index (χ1v) is 6.04. The molecule has 0 spiro atoms. The molecule has 1 aromatic carbocycles. The minimum atomic E-state index is -0.285. The average Bonchev–Trinajstić information content (AvgIpc) is 2.80. The molecule has 0 aliphatic heterocycles. The number of ketones is 1. The Hall–Kier alpha value is -1.18. The number of hydrogen-bond acceptors (Lipinski definition) is 1. The first kappa shape index (κ1) is 11.3. The van der Waals surface area contributed by atoms with Crippen LogP contribution in [-0.2, 0) is 0 Å². The van der Waals surface area contributed by atoms with Gasteiger partial charge in [0, 0.05) is 12.0 Å². The molecule has 86 valence electrons. The first-order valence-electron chi connectivity index (χ1n) is 6.04. The molecular formula is C14H17FO. The Kier molecular flexibility index (Phi) is 3.70. The molecule has 1 nitrogen and oxygen atoms in total. The van der Waals surface area contributed by atoms with Gasteiger partial charge in [-0.3, -0.25) is 4.79 Å². The van der Waals surface area contributed by atoms with E-state index in [2.05, 4.69) is 0 Å². The van der Waals surface area contributed by atoms with E-state index in [0.29, 0.717) is 12.0 Å². The molecule has 2 heteroatoms. The fourth-order valence-electron chi connectivity index (χ4n) is 2.41. The number of rotatable bonds is 4. The molecule has 0 amide bonds. The topological polar surface area (TPSA) is 17.1 Å². The van der Waals surface area contributed by atoms with Gasteiger partial charge in [0.2, 0.25) is 0 Å². The molecule has 0 bridgehead atoms. The van der Waals surface area contributed by atoms with E-state index in [9.17, 15) is 9.18 Å². The quantitative estimate of drug-likeness (QED) is 0.701. The van der Waals surface area contributed by atoms with Crippen molar-refractivity contribution in [3.63, 3.8) is 0 Å². The predicted molar refractivity (Wildman–Crippen MR) is 61.9 cm³/mol. The fourth-order valence-corrected chi connectivity index (χ4v) is 2.41. The van der Waals surface area contributed by atoms with E-state index < -0.39 is 0 Å². The van der Waals surface area contributed by atoms with Gasteiger partial charge < -0.3 is 0 Å². The zero-order valence-corrected chi connectivity index (χ0v) is 9.42. The van der Waals surface area contributed by atoms with E-state index in [1.807, 2.05) is 0 Å². The highest BCUT2D eigenvalue weighted by atomic mass is 19.1. The zero-order chi connectivity index (χ0) is 11.4. The first-order chi connectivity index (χ1) is 7.75. The lowest BCUT2D eigenvalue weighted by Crippen LogP contribution is -2.02. The highest BCUT2D eigenvalue weighted by molar-refractivity contribution is 5.95. The van der Waals surface area contributed by atoms with Crippen LogP contribution in [-0.4, -0.2) is 5.78 Å². The summed E-state index contributed by atoms with van der Waals surface area (Å²) in [4.78, 5) is 11.8.